The number of carbonyl (C=O) groups excluding carboxylic acids is 1. The summed E-state index contributed by atoms with van der Waals surface area (Å²) in [5, 5.41) is 6.29. The summed E-state index contributed by atoms with van der Waals surface area (Å²) in [7, 11) is 1.73. The van der Waals surface area contributed by atoms with Crippen molar-refractivity contribution in [3.8, 4) is 0 Å². The highest BCUT2D eigenvalue weighted by Crippen LogP contribution is 2.04. The van der Waals surface area contributed by atoms with Crippen molar-refractivity contribution >= 4 is 5.91 Å². The third kappa shape index (κ3) is 4.86. The van der Waals surface area contributed by atoms with Gasteiger partial charge in [-0.1, -0.05) is 35.4 Å². The molecule has 0 fully saturated rings. The van der Waals surface area contributed by atoms with Gasteiger partial charge in [0.1, 0.15) is 0 Å². The third-order valence-electron chi connectivity index (χ3n) is 2.43. The number of likely N-dealkylation sites (N-methyl/N-ethyl adjacent to an activating group) is 1. The van der Waals surface area contributed by atoms with Crippen LogP contribution in [0.2, 0.25) is 0 Å². The summed E-state index contributed by atoms with van der Waals surface area (Å²) in [6.45, 7) is 1.53. The second kappa shape index (κ2) is 8.11. The van der Waals surface area contributed by atoms with Gasteiger partial charge >= 0.3 is 0 Å². The number of rotatable bonds is 7. The molecule has 0 aliphatic rings. The molecule has 1 aromatic carbocycles. The lowest BCUT2D eigenvalue weighted by Gasteiger charge is -2.22. The number of carbonyl (C=O) groups is 1. The van der Waals surface area contributed by atoms with Crippen LogP contribution in [-0.4, -0.2) is 37.5 Å². The maximum absolute atomic E-state index is 11.9. The Morgan fingerprint density at radius 3 is 2.78 bits per heavy atom. The summed E-state index contributed by atoms with van der Waals surface area (Å²) < 4.78 is 0. The monoisotopic (exact) mass is 247 g/mol. The Kier molecular flexibility index (Phi) is 6.32. The van der Waals surface area contributed by atoms with Gasteiger partial charge in [0, 0.05) is 24.5 Å². The lowest BCUT2D eigenvalue weighted by atomic mass is 10.2. The van der Waals surface area contributed by atoms with Crippen LogP contribution < -0.4 is 5.32 Å². The number of nitrogens with one attached hydrogen (secondary N) is 1. The van der Waals surface area contributed by atoms with E-state index in [2.05, 4.69) is 15.3 Å². The third-order valence-corrected chi connectivity index (χ3v) is 2.43. The van der Waals surface area contributed by atoms with Crippen molar-refractivity contribution in [2.45, 2.75) is 6.54 Å². The first kappa shape index (κ1) is 14.0. The maximum atomic E-state index is 11.9. The van der Waals surface area contributed by atoms with Gasteiger partial charge in [-0.05, 0) is 18.1 Å². The summed E-state index contributed by atoms with van der Waals surface area (Å²) in [5.41, 5.74) is 9.31. The van der Waals surface area contributed by atoms with Gasteiger partial charge in [-0.25, -0.2) is 0 Å². The summed E-state index contributed by atoms with van der Waals surface area (Å²) in [6, 6.07) is 9.73. The molecule has 1 amide bonds. The molecule has 0 aliphatic carbocycles. The fraction of sp³-hybridized carbons (Fsp3) is 0.417. The van der Waals surface area contributed by atoms with E-state index in [1.165, 1.54) is 0 Å². The molecule has 0 aliphatic heterocycles. The largest absolute Gasteiger partial charge is 0.337 e. The zero-order valence-electron chi connectivity index (χ0n) is 10.4. The lowest BCUT2D eigenvalue weighted by molar-refractivity contribution is -0.130. The standard InChI is InChI=1S/C12H17N5O/c1-14-9-12(18)17(8-7-15-16-13)10-11-5-3-2-4-6-11/h2-6,14H,7-10H2,1H3. The number of nitrogens with zero attached hydrogens (tertiary/aromatic N) is 4. The van der Waals surface area contributed by atoms with E-state index in [1.54, 1.807) is 11.9 Å². The molecule has 1 N–H and O–H groups in total. The van der Waals surface area contributed by atoms with Gasteiger partial charge in [-0.15, -0.1) is 0 Å². The minimum Gasteiger partial charge on any atom is -0.337 e. The molecule has 0 saturated carbocycles. The molecule has 1 rings (SSSR count). The van der Waals surface area contributed by atoms with Gasteiger partial charge < -0.3 is 10.2 Å². The average molecular weight is 247 g/mol. The Morgan fingerprint density at radius 1 is 1.44 bits per heavy atom. The molecule has 6 nitrogen and oxygen atoms in total. The summed E-state index contributed by atoms with van der Waals surface area (Å²) >= 11 is 0. The molecule has 0 saturated heterocycles. The van der Waals surface area contributed by atoms with Crippen LogP contribution in [-0.2, 0) is 11.3 Å². The summed E-state index contributed by atoms with van der Waals surface area (Å²) in [6.07, 6.45) is 0. The van der Waals surface area contributed by atoms with Crippen molar-refractivity contribution in [3.63, 3.8) is 0 Å². The average Bonchev–Trinajstić information content (AvgIpc) is 2.39. The predicted octanol–water partition coefficient (Wildman–Crippen LogP) is 1.54. The molecule has 0 unspecified atom stereocenters. The number of azide groups is 1. The molecular weight excluding hydrogens is 230 g/mol. The highest BCUT2D eigenvalue weighted by molar-refractivity contribution is 5.78. The van der Waals surface area contributed by atoms with Gasteiger partial charge in [0.2, 0.25) is 5.91 Å². The Labute approximate surface area is 106 Å². The Balaban J connectivity index is 2.64. The van der Waals surface area contributed by atoms with Gasteiger partial charge in [-0.2, -0.15) is 0 Å². The lowest BCUT2D eigenvalue weighted by Crippen LogP contribution is -2.38. The molecule has 0 heterocycles. The van der Waals surface area contributed by atoms with Gasteiger partial charge in [0.15, 0.2) is 0 Å². The number of benzene rings is 1. The summed E-state index contributed by atoms with van der Waals surface area (Å²) in [4.78, 5) is 16.2. The number of amides is 1. The highest BCUT2D eigenvalue weighted by Gasteiger charge is 2.12. The van der Waals surface area contributed by atoms with E-state index in [0.29, 0.717) is 19.6 Å². The topological polar surface area (TPSA) is 81.1 Å². The minimum absolute atomic E-state index is 0.00510. The highest BCUT2D eigenvalue weighted by atomic mass is 16.2. The fourth-order valence-electron chi connectivity index (χ4n) is 1.57. The van der Waals surface area contributed by atoms with Crippen molar-refractivity contribution in [1.82, 2.24) is 10.2 Å². The second-order valence-corrected chi connectivity index (χ2v) is 3.79. The Bertz CT molecular complexity index is 414. The maximum Gasteiger partial charge on any atom is 0.236 e. The molecule has 0 bridgehead atoms. The first-order chi connectivity index (χ1) is 8.77. The normalized spacial score (nSPS) is 9.61. The van der Waals surface area contributed by atoms with Gasteiger partial charge in [-0.3, -0.25) is 4.79 Å². The van der Waals surface area contributed by atoms with Gasteiger partial charge in [0.25, 0.3) is 0 Å². The van der Waals surface area contributed by atoms with Crippen LogP contribution in [0.4, 0.5) is 0 Å². The van der Waals surface area contributed by atoms with Crippen molar-refractivity contribution in [1.29, 1.82) is 0 Å². The van der Waals surface area contributed by atoms with E-state index >= 15 is 0 Å². The number of hydrogen-bond donors (Lipinski definition) is 1. The second-order valence-electron chi connectivity index (χ2n) is 3.79. The molecule has 0 atom stereocenters. The Morgan fingerprint density at radius 2 is 2.17 bits per heavy atom. The molecule has 0 spiro atoms. The Hall–Kier alpha value is -2.04. The van der Waals surface area contributed by atoms with Crippen LogP contribution in [0.3, 0.4) is 0 Å². The van der Waals surface area contributed by atoms with E-state index in [4.69, 9.17) is 5.53 Å². The molecule has 0 radical (unpaired) electrons. The fourth-order valence-corrected chi connectivity index (χ4v) is 1.57. The number of hydrogen-bond acceptors (Lipinski definition) is 3. The predicted molar refractivity (Wildman–Crippen MR) is 69.8 cm³/mol. The molecule has 96 valence electrons. The van der Waals surface area contributed by atoms with Crippen molar-refractivity contribution in [2.75, 3.05) is 26.7 Å². The van der Waals surface area contributed by atoms with Crippen LogP contribution in [0.5, 0.6) is 0 Å². The quantitative estimate of drug-likeness (QED) is 0.450. The first-order valence-corrected chi connectivity index (χ1v) is 5.75. The SMILES string of the molecule is CNCC(=O)N(CCN=[N+]=[N-])Cc1ccccc1. The molecule has 6 heteroatoms. The van der Waals surface area contributed by atoms with Crippen molar-refractivity contribution < 1.29 is 4.79 Å². The first-order valence-electron chi connectivity index (χ1n) is 5.75. The van der Waals surface area contributed by atoms with Crippen LogP contribution in [0.25, 0.3) is 10.4 Å². The van der Waals surface area contributed by atoms with Gasteiger partial charge in [0.05, 0.1) is 6.54 Å². The van der Waals surface area contributed by atoms with Crippen LogP contribution in [0.1, 0.15) is 5.56 Å². The van der Waals surface area contributed by atoms with Crippen LogP contribution in [0, 0.1) is 0 Å². The zero-order chi connectivity index (χ0) is 13.2. The van der Waals surface area contributed by atoms with Crippen LogP contribution in [0.15, 0.2) is 35.4 Å². The summed E-state index contributed by atoms with van der Waals surface area (Å²) in [5.74, 6) is -0.00510. The zero-order valence-corrected chi connectivity index (χ0v) is 10.4. The molecule has 18 heavy (non-hydrogen) atoms. The molecular formula is C12H17N5O. The van der Waals surface area contributed by atoms with E-state index in [-0.39, 0.29) is 12.5 Å². The van der Waals surface area contributed by atoms with E-state index in [9.17, 15) is 4.79 Å². The van der Waals surface area contributed by atoms with Crippen LogP contribution >= 0.6 is 0 Å². The van der Waals surface area contributed by atoms with Crippen molar-refractivity contribution in [2.24, 2.45) is 5.11 Å². The van der Waals surface area contributed by atoms with E-state index in [1.807, 2.05) is 30.3 Å². The minimum atomic E-state index is -0.00510. The van der Waals surface area contributed by atoms with Crippen molar-refractivity contribution in [3.05, 3.63) is 46.3 Å². The van der Waals surface area contributed by atoms with E-state index < -0.39 is 0 Å². The molecule has 0 aromatic heterocycles. The smallest absolute Gasteiger partial charge is 0.236 e. The molecule has 1 aromatic rings. The van der Waals surface area contributed by atoms with E-state index in [0.717, 1.165) is 5.56 Å².